The number of hydrogen-bond donors (Lipinski definition) is 2. The Morgan fingerprint density at radius 2 is 2.29 bits per heavy atom. The largest absolute Gasteiger partial charge is 0.495 e. The van der Waals surface area contributed by atoms with E-state index < -0.39 is 12.0 Å². The van der Waals surface area contributed by atoms with Gasteiger partial charge in [0.15, 0.2) is 0 Å². The first-order valence-electron chi connectivity index (χ1n) is 6.61. The fourth-order valence-corrected chi connectivity index (χ4v) is 2.68. The summed E-state index contributed by atoms with van der Waals surface area (Å²) in [5.74, 6) is -0.614. The normalized spacial score (nSPS) is 18.5. The smallest absolute Gasteiger partial charge is 0.320 e. The highest BCUT2D eigenvalue weighted by Gasteiger charge is 2.31. The van der Waals surface area contributed by atoms with E-state index >= 15 is 0 Å². The molecule has 0 bridgehead atoms. The maximum Gasteiger partial charge on any atom is 0.320 e. The van der Waals surface area contributed by atoms with E-state index in [9.17, 15) is 9.59 Å². The number of ether oxygens (including phenoxy) is 1. The van der Waals surface area contributed by atoms with Crippen molar-refractivity contribution in [3.05, 3.63) is 23.2 Å². The highest BCUT2D eigenvalue weighted by atomic mass is 35.5. The predicted octanol–water partition coefficient (Wildman–Crippen LogP) is 1.84. The Labute approximate surface area is 127 Å². The van der Waals surface area contributed by atoms with Gasteiger partial charge < -0.3 is 15.2 Å². The summed E-state index contributed by atoms with van der Waals surface area (Å²) < 4.78 is 5.03. The minimum Gasteiger partial charge on any atom is -0.495 e. The van der Waals surface area contributed by atoms with E-state index in [-0.39, 0.29) is 12.5 Å². The van der Waals surface area contributed by atoms with Crippen LogP contribution in [0.4, 0.5) is 5.69 Å². The minimum atomic E-state index is -0.882. The number of hydrogen-bond acceptors (Lipinski definition) is 4. The highest BCUT2D eigenvalue weighted by molar-refractivity contribution is 6.32. The molecule has 1 aliphatic rings. The second-order valence-electron chi connectivity index (χ2n) is 4.86. The van der Waals surface area contributed by atoms with Crippen LogP contribution in [0.2, 0.25) is 5.02 Å². The molecule has 2 N–H and O–H groups in total. The van der Waals surface area contributed by atoms with Gasteiger partial charge in [-0.15, -0.1) is 0 Å². The molecule has 1 saturated heterocycles. The first-order valence-corrected chi connectivity index (χ1v) is 6.99. The van der Waals surface area contributed by atoms with Crippen molar-refractivity contribution in [2.75, 3.05) is 25.5 Å². The number of likely N-dealkylation sites (tertiary alicyclic amines) is 1. The molecule has 1 fully saturated rings. The minimum absolute atomic E-state index is 0.0562. The van der Waals surface area contributed by atoms with Gasteiger partial charge in [-0.2, -0.15) is 0 Å². The van der Waals surface area contributed by atoms with Crippen molar-refractivity contribution in [1.82, 2.24) is 4.90 Å². The monoisotopic (exact) mass is 312 g/mol. The number of benzene rings is 1. The van der Waals surface area contributed by atoms with Crippen molar-refractivity contribution >= 4 is 29.2 Å². The third kappa shape index (κ3) is 3.86. The Hall–Kier alpha value is -1.79. The quantitative estimate of drug-likeness (QED) is 0.867. The molecule has 1 amide bonds. The van der Waals surface area contributed by atoms with Crippen LogP contribution in [-0.2, 0) is 9.59 Å². The molecule has 6 nitrogen and oxygen atoms in total. The number of nitrogens with one attached hydrogen (secondary N) is 1. The zero-order valence-electron chi connectivity index (χ0n) is 11.6. The summed E-state index contributed by atoms with van der Waals surface area (Å²) in [5, 5.41) is 12.2. The van der Waals surface area contributed by atoms with Gasteiger partial charge in [-0.1, -0.05) is 11.6 Å². The number of halogens is 1. The van der Waals surface area contributed by atoms with Crippen LogP contribution >= 0.6 is 11.6 Å². The van der Waals surface area contributed by atoms with Crippen LogP contribution in [-0.4, -0.2) is 48.1 Å². The SMILES string of the molecule is COc1ccc(NC(=O)CN2CCCC2C(=O)O)cc1Cl. The number of carboxylic acids is 1. The van der Waals surface area contributed by atoms with Crippen LogP contribution in [0.15, 0.2) is 18.2 Å². The molecular formula is C14H17ClN2O4. The number of amides is 1. The number of anilines is 1. The summed E-state index contributed by atoms with van der Waals surface area (Å²) >= 11 is 5.98. The zero-order chi connectivity index (χ0) is 15.4. The Morgan fingerprint density at radius 1 is 1.52 bits per heavy atom. The number of methoxy groups -OCH3 is 1. The van der Waals surface area contributed by atoms with Gasteiger partial charge in [0.2, 0.25) is 5.91 Å². The lowest BCUT2D eigenvalue weighted by atomic mass is 10.2. The van der Waals surface area contributed by atoms with E-state index in [1.165, 1.54) is 7.11 Å². The summed E-state index contributed by atoms with van der Waals surface area (Å²) in [6.07, 6.45) is 1.37. The molecule has 0 aromatic heterocycles. The molecule has 2 rings (SSSR count). The Bertz CT molecular complexity index is 550. The standard InChI is InChI=1S/C14H17ClN2O4/c1-21-12-5-4-9(7-10(12)15)16-13(18)8-17-6-2-3-11(17)14(19)20/h4-5,7,11H,2-3,6,8H2,1H3,(H,16,18)(H,19,20). The van der Waals surface area contributed by atoms with Gasteiger partial charge in [0, 0.05) is 5.69 Å². The molecule has 1 aliphatic heterocycles. The van der Waals surface area contributed by atoms with Crippen molar-refractivity contribution in [1.29, 1.82) is 0 Å². The van der Waals surface area contributed by atoms with Gasteiger partial charge in [-0.05, 0) is 37.6 Å². The van der Waals surface area contributed by atoms with Crippen molar-refractivity contribution in [2.45, 2.75) is 18.9 Å². The second kappa shape index (κ2) is 6.78. The number of aliphatic carboxylic acids is 1. The molecule has 0 saturated carbocycles. The maximum absolute atomic E-state index is 12.0. The number of carbonyl (C=O) groups is 2. The summed E-state index contributed by atoms with van der Waals surface area (Å²) in [6, 6.07) is 4.36. The van der Waals surface area contributed by atoms with Gasteiger partial charge in [0.05, 0.1) is 18.7 Å². The summed E-state index contributed by atoms with van der Waals surface area (Å²) in [4.78, 5) is 24.7. The lowest BCUT2D eigenvalue weighted by Gasteiger charge is -2.20. The van der Waals surface area contributed by atoms with Crippen LogP contribution < -0.4 is 10.1 Å². The first-order chi connectivity index (χ1) is 10.0. The second-order valence-corrected chi connectivity index (χ2v) is 5.27. The molecule has 21 heavy (non-hydrogen) atoms. The van der Waals surface area contributed by atoms with Crippen molar-refractivity contribution in [3.63, 3.8) is 0 Å². The summed E-state index contributed by atoms with van der Waals surface area (Å²) in [7, 11) is 1.51. The van der Waals surface area contributed by atoms with E-state index in [0.717, 1.165) is 6.42 Å². The first kappa shape index (κ1) is 15.6. The number of carbonyl (C=O) groups excluding carboxylic acids is 1. The maximum atomic E-state index is 12.0. The summed E-state index contributed by atoms with van der Waals surface area (Å²) in [5.41, 5.74) is 0.553. The Balaban J connectivity index is 1.95. The summed E-state index contributed by atoms with van der Waals surface area (Å²) in [6.45, 7) is 0.675. The Kier molecular flexibility index (Phi) is 5.03. The molecule has 1 heterocycles. The molecule has 1 unspecified atom stereocenters. The third-order valence-corrected chi connectivity index (χ3v) is 3.73. The molecule has 1 aromatic rings. The van der Waals surface area contributed by atoms with Crippen molar-refractivity contribution < 1.29 is 19.4 Å². The molecule has 114 valence electrons. The molecular weight excluding hydrogens is 296 g/mol. The number of carboxylic acid groups (broad SMARTS) is 1. The van der Waals surface area contributed by atoms with Gasteiger partial charge in [-0.25, -0.2) is 0 Å². The van der Waals surface area contributed by atoms with Gasteiger partial charge >= 0.3 is 5.97 Å². The van der Waals surface area contributed by atoms with Gasteiger partial charge in [0.25, 0.3) is 0 Å². The fraction of sp³-hybridized carbons (Fsp3) is 0.429. The lowest BCUT2D eigenvalue weighted by Crippen LogP contribution is -2.40. The van der Waals surface area contributed by atoms with E-state index in [4.69, 9.17) is 21.4 Å². The van der Waals surface area contributed by atoms with E-state index in [1.807, 2.05) is 0 Å². The highest BCUT2D eigenvalue weighted by Crippen LogP contribution is 2.27. The van der Waals surface area contributed by atoms with Crippen molar-refractivity contribution in [3.8, 4) is 5.75 Å². The fourth-order valence-electron chi connectivity index (χ4n) is 2.42. The number of nitrogens with zero attached hydrogens (tertiary/aromatic N) is 1. The molecule has 1 aromatic carbocycles. The van der Waals surface area contributed by atoms with E-state index in [0.29, 0.717) is 29.4 Å². The van der Waals surface area contributed by atoms with E-state index in [1.54, 1.807) is 23.1 Å². The van der Waals surface area contributed by atoms with Crippen LogP contribution in [0.1, 0.15) is 12.8 Å². The average molecular weight is 313 g/mol. The van der Waals surface area contributed by atoms with Crippen molar-refractivity contribution in [2.24, 2.45) is 0 Å². The van der Waals surface area contributed by atoms with Crippen LogP contribution in [0.3, 0.4) is 0 Å². The van der Waals surface area contributed by atoms with Crippen LogP contribution in [0, 0.1) is 0 Å². The third-order valence-electron chi connectivity index (χ3n) is 3.43. The van der Waals surface area contributed by atoms with Crippen LogP contribution in [0.25, 0.3) is 0 Å². The molecule has 0 spiro atoms. The van der Waals surface area contributed by atoms with Gasteiger partial charge in [0.1, 0.15) is 11.8 Å². The average Bonchev–Trinajstić information content (AvgIpc) is 2.87. The molecule has 7 heteroatoms. The van der Waals surface area contributed by atoms with Gasteiger partial charge in [-0.3, -0.25) is 14.5 Å². The molecule has 1 atom stereocenters. The molecule has 0 aliphatic carbocycles. The zero-order valence-corrected chi connectivity index (χ0v) is 12.4. The lowest BCUT2D eigenvalue weighted by molar-refractivity contribution is -0.142. The topological polar surface area (TPSA) is 78.9 Å². The number of rotatable bonds is 5. The molecule has 0 radical (unpaired) electrons. The van der Waals surface area contributed by atoms with Crippen LogP contribution in [0.5, 0.6) is 5.75 Å². The predicted molar refractivity (Wildman–Crippen MR) is 78.9 cm³/mol. The Morgan fingerprint density at radius 3 is 2.90 bits per heavy atom. The van der Waals surface area contributed by atoms with E-state index in [2.05, 4.69) is 5.32 Å².